The smallest absolute Gasteiger partial charge is 0.250 e. The maximum atomic E-state index is 11.3. The number of nitrogens with one attached hydrogen (secondary N) is 2. The van der Waals surface area contributed by atoms with Crippen LogP contribution in [0.25, 0.3) is 0 Å². The van der Waals surface area contributed by atoms with Gasteiger partial charge in [-0.1, -0.05) is 0 Å². The third-order valence-electron chi connectivity index (χ3n) is 2.01. The number of rotatable bonds is 3. The van der Waals surface area contributed by atoms with Gasteiger partial charge in [0, 0.05) is 0 Å². The molecule has 0 radical (unpaired) electrons. The van der Waals surface area contributed by atoms with Gasteiger partial charge >= 0.3 is 0 Å². The van der Waals surface area contributed by atoms with Crippen molar-refractivity contribution in [3.05, 3.63) is 0 Å². The summed E-state index contributed by atoms with van der Waals surface area (Å²) in [5.41, 5.74) is 0. The van der Waals surface area contributed by atoms with Crippen molar-refractivity contribution in [3.8, 4) is 0 Å². The average Bonchev–Trinajstić information content (AvgIpc) is 2.55. The van der Waals surface area contributed by atoms with E-state index in [9.17, 15) is 13.2 Å². The molecule has 0 saturated carbocycles. The molecule has 1 saturated heterocycles. The zero-order valence-corrected chi connectivity index (χ0v) is 8.36. The largest absolute Gasteiger partial charge is 0.306 e. The highest BCUT2D eigenvalue weighted by Gasteiger charge is 2.24. The van der Waals surface area contributed by atoms with Gasteiger partial charge in [0.1, 0.15) is 0 Å². The summed E-state index contributed by atoms with van der Waals surface area (Å²) < 4.78 is 24.0. The molecule has 1 fully saturated rings. The zero-order valence-electron chi connectivity index (χ0n) is 7.54. The van der Waals surface area contributed by atoms with Crippen molar-refractivity contribution < 1.29 is 13.2 Å². The molecule has 1 aliphatic heterocycles. The molecule has 6 heteroatoms. The van der Waals surface area contributed by atoms with E-state index in [0.29, 0.717) is 6.42 Å². The Balaban J connectivity index is 2.49. The molecule has 0 aromatic rings. The molecule has 76 valence electrons. The second-order valence-corrected chi connectivity index (χ2v) is 5.03. The molecule has 0 aromatic carbocycles. The second-order valence-electron chi connectivity index (χ2n) is 3.02. The third kappa shape index (κ3) is 2.96. The number of sulfonamides is 1. The maximum absolute atomic E-state index is 11.3. The van der Waals surface area contributed by atoms with Crippen molar-refractivity contribution in [3.63, 3.8) is 0 Å². The Morgan fingerprint density at radius 1 is 1.62 bits per heavy atom. The summed E-state index contributed by atoms with van der Waals surface area (Å²) in [7, 11) is -3.40. The molecule has 2 N–H and O–H groups in total. The first-order valence-electron chi connectivity index (χ1n) is 4.33. The van der Waals surface area contributed by atoms with Crippen LogP contribution in [0.3, 0.4) is 0 Å². The molecule has 1 heterocycles. The molecular weight excluding hydrogens is 192 g/mol. The molecule has 1 amide bonds. The number of carbonyl (C=O) groups is 1. The number of hydrogen-bond donors (Lipinski definition) is 2. The molecule has 1 atom stereocenters. The Bertz CT molecular complexity index is 280. The molecule has 1 unspecified atom stereocenters. The van der Waals surface area contributed by atoms with Crippen LogP contribution < -0.4 is 10.0 Å². The van der Waals surface area contributed by atoms with Crippen LogP contribution in [0.15, 0.2) is 0 Å². The summed E-state index contributed by atoms with van der Waals surface area (Å²) >= 11 is 0. The molecule has 13 heavy (non-hydrogen) atoms. The molecule has 0 bridgehead atoms. The summed E-state index contributed by atoms with van der Waals surface area (Å²) in [5.74, 6) is -0.495. The normalized spacial score (nSPS) is 23.0. The van der Waals surface area contributed by atoms with Gasteiger partial charge in [0.2, 0.25) is 10.0 Å². The summed E-state index contributed by atoms with van der Waals surface area (Å²) in [4.78, 5) is 11.3. The minimum atomic E-state index is -3.40. The fourth-order valence-corrected chi connectivity index (χ4v) is 1.80. The highest BCUT2D eigenvalue weighted by Crippen LogP contribution is 2.04. The maximum Gasteiger partial charge on any atom is 0.250 e. The lowest BCUT2D eigenvalue weighted by Crippen LogP contribution is -2.43. The van der Waals surface area contributed by atoms with Gasteiger partial charge in [0.05, 0.1) is 11.8 Å². The van der Waals surface area contributed by atoms with Gasteiger partial charge in [0.15, 0.2) is 0 Å². The Morgan fingerprint density at radius 2 is 2.31 bits per heavy atom. The van der Waals surface area contributed by atoms with E-state index in [0.717, 1.165) is 13.0 Å². The molecule has 0 spiro atoms. The summed E-state index contributed by atoms with van der Waals surface area (Å²) in [6.07, 6.45) is 1.63. The van der Waals surface area contributed by atoms with Crippen LogP contribution >= 0.6 is 0 Å². The molecule has 5 nitrogen and oxygen atoms in total. The van der Waals surface area contributed by atoms with E-state index >= 15 is 0 Å². The molecule has 0 aromatic heterocycles. The second kappa shape index (κ2) is 4.06. The van der Waals surface area contributed by atoms with E-state index in [1.54, 1.807) is 0 Å². The van der Waals surface area contributed by atoms with Gasteiger partial charge in [-0.15, -0.1) is 0 Å². The fourth-order valence-electron chi connectivity index (χ4n) is 1.20. The molecule has 1 aliphatic rings. The van der Waals surface area contributed by atoms with E-state index in [4.69, 9.17) is 0 Å². The quantitative estimate of drug-likeness (QED) is 0.634. The lowest BCUT2D eigenvalue weighted by molar-refractivity contribution is -0.121. The van der Waals surface area contributed by atoms with Gasteiger partial charge < -0.3 is 5.32 Å². The lowest BCUT2D eigenvalue weighted by atomic mass is 10.2. The topological polar surface area (TPSA) is 75.3 Å². The summed E-state index contributed by atoms with van der Waals surface area (Å²) in [5, 5.41) is 2.93. The highest BCUT2D eigenvalue weighted by atomic mass is 32.2. The summed E-state index contributed by atoms with van der Waals surface area (Å²) in [6.45, 7) is 2.28. The Labute approximate surface area is 77.9 Å². The molecular formula is C7H14N2O3S. The van der Waals surface area contributed by atoms with Crippen molar-refractivity contribution in [1.82, 2.24) is 10.0 Å². The first-order valence-corrected chi connectivity index (χ1v) is 5.98. The van der Waals surface area contributed by atoms with Crippen LogP contribution in [0, 0.1) is 0 Å². The van der Waals surface area contributed by atoms with Gasteiger partial charge in [-0.2, -0.15) is 0 Å². The minimum absolute atomic E-state index is 0.0640. The van der Waals surface area contributed by atoms with E-state index in [2.05, 4.69) is 5.32 Å². The Morgan fingerprint density at radius 3 is 2.77 bits per heavy atom. The SMILES string of the molecule is CCS(=O)(=O)NC(=O)C1CCCN1. The zero-order chi connectivity index (χ0) is 9.90. The monoisotopic (exact) mass is 206 g/mol. The van der Waals surface area contributed by atoms with Crippen molar-refractivity contribution >= 4 is 15.9 Å². The fraction of sp³-hybridized carbons (Fsp3) is 0.857. The van der Waals surface area contributed by atoms with Crippen LogP contribution in [0.4, 0.5) is 0 Å². The van der Waals surface area contributed by atoms with Crippen molar-refractivity contribution in [2.75, 3.05) is 12.3 Å². The van der Waals surface area contributed by atoms with Gasteiger partial charge in [0.25, 0.3) is 5.91 Å². The Kier molecular flexibility index (Phi) is 3.27. The van der Waals surface area contributed by atoms with Gasteiger partial charge in [-0.25, -0.2) is 8.42 Å². The Hall–Kier alpha value is -0.620. The van der Waals surface area contributed by atoms with Crippen molar-refractivity contribution in [2.45, 2.75) is 25.8 Å². The van der Waals surface area contributed by atoms with Crippen LogP contribution in [0.2, 0.25) is 0 Å². The highest BCUT2D eigenvalue weighted by molar-refractivity contribution is 7.90. The van der Waals surface area contributed by atoms with Crippen LogP contribution in [0.5, 0.6) is 0 Å². The van der Waals surface area contributed by atoms with E-state index in [1.807, 2.05) is 4.72 Å². The minimum Gasteiger partial charge on any atom is -0.306 e. The average molecular weight is 206 g/mol. The van der Waals surface area contributed by atoms with Crippen LogP contribution in [-0.4, -0.2) is 32.7 Å². The van der Waals surface area contributed by atoms with Crippen molar-refractivity contribution in [2.24, 2.45) is 0 Å². The van der Waals surface area contributed by atoms with E-state index < -0.39 is 15.9 Å². The number of amides is 1. The number of hydrogen-bond acceptors (Lipinski definition) is 4. The van der Waals surface area contributed by atoms with Gasteiger partial charge in [-0.3, -0.25) is 9.52 Å². The van der Waals surface area contributed by atoms with Gasteiger partial charge in [-0.05, 0) is 26.3 Å². The van der Waals surface area contributed by atoms with E-state index in [1.165, 1.54) is 6.92 Å². The van der Waals surface area contributed by atoms with E-state index in [-0.39, 0.29) is 11.8 Å². The van der Waals surface area contributed by atoms with Crippen LogP contribution in [0.1, 0.15) is 19.8 Å². The predicted octanol–water partition coefficient (Wildman–Crippen LogP) is -0.796. The third-order valence-corrected chi connectivity index (χ3v) is 3.29. The predicted molar refractivity (Wildman–Crippen MR) is 48.6 cm³/mol. The van der Waals surface area contributed by atoms with Crippen molar-refractivity contribution in [1.29, 1.82) is 0 Å². The van der Waals surface area contributed by atoms with Crippen LogP contribution in [-0.2, 0) is 14.8 Å². The first kappa shape index (κ1) is 10.5. The first-order chi connectivity index (χ1) is 6.05. The standard InChI is InChI=1S/C7H14N2O3S/c1-2-13(11,12)9-7(10)6-4-3-5-8-6/h6,8H,2-5H2,1H3,(H,9,10). The lowest BCUT2D eigenvalue weighted by Gasteiger charge is -2.09. The molecule has 0 aliphatic carbocycles. The summed E-state index contributed by atoms with van der Waals surface area (Å²) in [6, 6.07) is -0.332. The number of carbonyl (C=O) groups excluding carboxylic acids is 1. The molecule has 1 rings (SSSR count).